The van der Waals surface area contributed by atoms with Crippen LogP contribution in [0.15, 0.2) is 47.4 Å². The molecule has 0 N–H and O–H groups in total. The predicted octanol–water partition coefficient (Wildman–Crippen LogP) is 4.07. The summed E-state index contributed by atoms with van der Waals surface area (Å²) in [4.78, 5) is 5.74. The molecule has 0 bridgehead atoms. The van der Waals surface area contributed by atoms with Crippen LogP contribution < -0.4 is 0 Å². The van der Waals surface area contributed by atoms with Crippen LogP contribution in [0.2, 0.25) is 0 Å². The first-order valence-electron chi connectivity index (χ1n) is 7.22. The normalized spacial score (nSPS) is 12.3. The van der Waals surface area contributed by atoms with E-state index in [1.54, 1.807) is 30.3 Å². The Morgan fingerprint density at radius 1 is 1.12 bits per heavy atom. The summed E-state index contributed by atoms with van der Waals surface area (Å²) in [5.74, 6) is -0.281. The molecule has 24 heavy (non-hydrogen) atoms. The van der Waals surface area contributed by atoms with Crippen molar-refractivity contribution in [2.24, 2.45) is 0 Å². The minimum Gasteiger partial charge on any atom is -0.287 e. The maximum absolute atomic E-state index is 13.1. The highest BCUT2D eigenvalue weighted by molar-refractivity contribution is 7.90. The van der Waals surface area contributed by atoms with E-state index < -0.39 is 9.84 Å². The van der Waals surface area contributed by atoms with Gasteiger partial charge in [-0.1, -0.05) is 11.3 Å². The Kier molecular flexibility index (Phi) is 3.26. The molecular weight excluding hydrogens is 347 g/mol. The lowest BCUT2D eigenvalue weighted by atomic mass is 10.1. The second-order valence-electron chi connectivity index (χ2n) is 5.67. The molecule has 4 nitrogen and oxygen atoms in total. The summed E-state index contributed by atoms with van der Waals surface area (Å²) in [5, 5.41) is 0. The molecule has 4 rings (SSSR count). The first-order valence-corrected chi connectivity index (χ1v) is 9.93. The zero-order valence-corrected chi connectivity index (χ0v) is 14.6. The zero-order valence-electron chi connectivity index (χ0n) is 12.9. The van der Waals surface area contributed by atoms with Crippen molar-refractivity contribution in [1.82, 2.24) is 9.38 Å². The molecule has 0 saturated heterocycles. The summed E-state index contributed by atoms with van der Waals surface area (Å²) in [6.07, 6.45) is 1.20. The van der Waals surface area contributed by atoms with Gasteiger partial charge in [-0.05, 0) is 49.4 Å². The fourth-order valence-electron chi connectivity index (χ4n) is 2.80. The lowest BCUT2D eigenvalue weighted by Crippen LogP contribution is -1.96. The van der Waals surface area contributed by atoms with Crippen LogP contribution >= 0.6 is 11.3 Å². The number of nitrogens with zero attached hydrogens (tertiary/aromatic N) is 2. The highest BCUT2D eigenvalue weighted by Crippen LogP contribution is 2.33. The molecule has 0 unspecified atom stereocenters. The molecule has 122 valence electrons. The summed E-state index contributed by atoms with van der Waals surface area (Å²) in [7, 11) is -3.24. The quantitative estimate of drug-likeness (QED) is 0.541. The number of fused-ring (bicyclic) bond motifs is 3. The van der Waals surface area contributed by atoms with E-state index in [2.05, 4.69) is 4.98 Å². The van der Waals surface area contributed by atoms with Crippen LogP contribution in [0.5, 0.6) is 0 Å². The predicted molar refractivity (Wildman–Crippen MR) is 93.8 cm³/mol. The first-order chi connectivity index (χ1) is 11.3. The molecule has 2 heterocycles. The summed E-state index contributed by atoms with van der Waals surface area (Å²) in [6.45, 7) is 1.95. The van der Waals surface area contributed by atoms with Gasteiger partial charge in [0.2, 0.25) is 0 Å². The number of rotatable bonds is 2. The molecule has 0 radical (unpaired) electrons. The number of thiazole rings is 1. The number of imidazole rings is 1. The van der Waals surface area contributed by atoms with Crippen LogP contribution in [0.1, 0.15) is 5.69 Å². The Balaban J connectivity index is 1.96. The highest BCUT2D eigenvalue weighted by atomic mass is 32.2. The number of hydrogen-bond donors (Lipinski definition) is 0. The largest absolute Gasteiger partial charge is 0.287 e. The van der Waals surface area contributed by atoms with Crippen LogP contribution in [-0.2, 0) is 9.84 Å². The van der Waals surface area contributed by atoms with Crippen molar-refractivity contribution in [3.8, 4) is 11.3 Å². The number of benzene rings is 2. The third kappa shape index (κ3) is 2.32. The molecule has 0 aliphatic rings. The number of aryl methyl sites for hydroxylation is 1. The molecule has 2 aromatic carbocycles. The summed E-state index contributed by atoms with van der Waals surface area (Å²) < 4.78 is 39.4. The topological polar surface area (TPSA) is 51.4 Å². The molecule has 4 aromatic rings. The highest BCUT2D eigenvalue weighted by Gasteiger charge is 2.17. The van der Waals surface area contributed by atoms with Crippen LogP contribution in [0.25, 0.3) is 26.4 Å². The number of sulfone groups is 1. The fraction of sp³-hybridized carbons (Fsp3) is 0.118. The van der Waals surface area contributed by atoms with Gasteiger partial charge in [-0.2, -0.15) is 0 Å². The molecule has 2 aromatic heterocycles. The molecule has 0 fully saturated rings. The first kappa shape index (κ1) is 15.3. The SMILES string of the molecule is Cc1c(-c2ccc(F)cc2)nc2sc3cc(S(C)(=O)=O)ccc3n12. The second-order valence-corrected chi connectivity index (χ2v) is 8.70. The molecule has 0 aliphatic heterocycles. The number of hydrogen-bond acceptors (Lipinski definition) is 4. The molecule has 7 heteroatoms. The van der Waals surface area contributed by atoms with E-state index in [1.165, 1.54) is 29.7 Å². The van der Waals surface area contributed by atoms with Gasteiger partial charge in [0.05, 0.1) is 20.8 Å². The molecule has 0 aliphatic carbocycles. The van der Waals surface area contributed by atoms with E-state index in [-0.39, 0.29) is 5.82 Å². The van der Waals surface area contributed by atoms with Crippen molar-refractivity contribution in [2.75, 3.05) is 6.26 Å². The van der Waals surface area contributed by atoms with Gasteiger partial charge < -0.3 is 0 Å². The monoisotopic (exact) mass is 360 g/mol. The van der Waals surface area contributed by atoms with Gasteiger partial charge in [0.25, 0.3) is 0 Å². The van der Waals surface area contributed by atoms with Gasteiger partial charge in [-0.3, -0.25) is 4.40 Å². The molecule has 0 amide bonds. The van der Waals surface area contributed by atoms with E-state index in [0.717, 1.165) is 32.1 Å². The van der Waals surface area contributed by atoms with Gasteiger partial charge in [-0.15, -0.1) is 0 Å². The van der Waals surface area contributed by atoms with Crippen LogP contribution in [-0.4, -0.2) is 24.1 Å². The summed E-state index contributed by atoms with van der Waals surface area (Å²) >= 11 is 1.44. The average Bonchev–Trinajstić information content (AvgIpc) is 3.03. The molecule has 0 spiro atoms. The van der Waals surface area contributed by atoms with Crippen molar-refractivity contribution in [2.45, 2.75) is 11.8 Å². The third-order valence-corrected chi connectivity index (χ3v) is 6.11. The maximum Gasteiger partial charge on any atom is 0.195 e. The Labute approximate surface area is 142 Å². The Bertz CT molecular complexity index is 1190. The van der Waals surface area contributed by atoms with Crippen molar-refractivity contribution in [1.29, 1.82) is 0 Å². The van der Waals surface area contributed by atoms with Crippen molar-refractivity contribution < 1.29 is 12.8 Å². The van der Waals surface area contributed by atoms with E-state index in [9.17, 15) is 12.8 Å². The van der Waals surface area contributed by atoms with Gasteiger partial charge in [0, 0.05) is 17.5 Å². The van der Waals surface area contributed by atoms with Crippen molar-refractivity contribution in [3.05, 3.63) is 54.0 Å². The van der Waals surface area contributed by atoms with E-state index >= 15 is 0 Å². The minimum absolute atomic E-state index is 0.281. The Morgan fingerprint density at radius 3 is 2.50 bits per heavy atom. The minimum atomic E-state index is -3.24. The smallest absolute Gasteiger partial charge is 0.195 e. The lowest BCUT2D eigenvalue weighted by Gasteiger charge is -2.01. The van der Waals surface area contributed by atoms with E-state index in [0.29, 0.717) is 4.90 Å². The summed E-state index contributed by atoms with van der Waals surface area (Å²) in [6, 6.07) is 11.3. The Hall–Kier alpha value is -2.25. The lowest BCUT2D eigenvalue weighted by molar-refractivity contribution is 0.602. The average molecular weight is 360 g/mol. The molecular formula is C17H13FN2O2S2. The van der Waals surface area contributed by atoms with Crippen LogP contribution in [0.3, 0.4) is 0 Å². The van der Waals surface area contributed by atoms with E-state index in [1.807, 2.05) is 11.3 Å². The number of aromatic nitrogens is 2. The van der Waals surface area contributed by atoms with Gasteiger partial charge in [0.15, 0.2) is 14.8 Å². The van der Waals surface area contributed by atoms with Crippen LogP contribution in [0, 0.1) is 12.7 Å². The summed E-state index contributed by atoms with van der Waals surface area (Å²) in [5.41, 5.74) is 3.51. The van der Waals surface area contributed by atoms with Crippen molar-refractivity contribution >= 4 is 36.4 Å². The van der Waals surface area contributed by atoms with Gasteiger partial charge in [-0.25, -0.2) is 17.8 Å². The second kappa shape index (κ2) is 5.12. The molecule has 0 atom stereocenters. The Morgan fingerprint density at radius 2 is 1.83 bits per heavy atom. The van der Waals surface area contributed by atoms with Gasteiger partial charge in [0.1, 0.15) is 5.82 Å². The zero-order chi connectivity index (χ0) is 17.1. The fourth-order valence-corrected chi connectivity index (χ4v) is 4.63. The maximum atomic E-state index is 13.1. The third-order valence-electron chi connectivity index (χ3n) is 4.00. The van der Waals surface area contributed by atoms with Crippen molar-refractivity contribution in [3.63, 3.8) is 0 Å². The van der Waals surface area contributed by atoms with Gasteiger partial charge >= 0.3 is 0 Å². The van der Waals surface area contributed by atoms with Crippen LogP contribution in [0.4, 0.5) is 4.39 Å². The molecule has 0 saturated carbocycles. The van der Waals surface area contributed by atoms with E-state index in [4.69, 9.17) is 0 Å². The standard InChI is InChI=1S/C17H13FN2O2S2/c1-10-16(11-3-5-12(18)6-4-11)19-17-20(10)14-8-7-13(24(2,21)22)9-15(14)23-17/h3-9H,1-2H3. The number of halogens is 1.